The number of aryl methyl sites for hydroxylation is 1. The number of ether oxygens (including phenoxy) is 1. The normalized spacial score (nSPS) is 10.4. The minimum absolute atomic E-state index is 0.0427. The van der Waals surface area contributed by atoms with E-state index in [1.54, 1.807) is 0 Å². The molecule has 0 atom stereocenters. The van der Waals surface area contributed by atoms with Crippen molar-refractivity contribution in [2.75, 3.05) is 18.5 Å². The summed E-state index contributed by atoms with van der Waals surface area (Å²) in [6.07, 6.45) is 0.780. The zero-order valence-corrected chi connectivity index (χ0v) is 17.2. The van der Waals surface area contributed by atoms with Crippen LogP contribution in [0.2, 0.25) is 0 Å². The van der Waals surface area contributed by atoms with E-state index in [4.69, 9.17) is 4.74 Å². The number of rotatable bonds is 9. The Kier molecular flexibility index (Phi) is 7.53. The smallest absolute Gasteiger partial charge is 0.272 e. The number of amides is 2. The second-order valence-electron chi connectivity index (χ2n) is 6.68. The molecule has 2 aromatic carbocycles. The molecule has 0 saturated carbocycles. The summed E-state index contributed by atoms with van der Waals surface area (Å²) in [6.45, 7) is 2.19. The Bertz CT molecular complexity index is 1100. The van der Waals surface area contributed by atoms with Gasteiger partial charge >= 0.3 is 0 Å². The van der Waals surface area contributed by atoms with E-state index in [-0.39, 0.29) is 36.9 Å². The van der Waals surface area contributed by atoms with Crippen molar-refractivity contribution < 1.29 is 14.3 Å². The van der Waals surface area contributed by atoms with Gasteiger partial charge in [0, 0.05) is 11.8 Å². The largest absolute Gasteiger partial charge is 0.492 e. The molecule has 0 spiro atoms. The summed E-state index contributed by atoms with van der Waals surface area (Å²) in [4.78, 5) is 36.6. The van der Waals surface area contributed by atoms with Crippen LogP contribution >= 0.6 is 0 Å². The Labute approximate surface area is 179 Å². The van der Waals surface area contributed by atoms with Crippen molar-refractivity contribution in [3.63, 3.8) is 0 Å². The van der Waals surface area contributed by atoms with Gasteiger partial charge in [0.15, 0.2) is 0 Å². The van der Waals surface area contributed by atoms with Crippen molar-refractivity contribution in [2.24, 2.45) is 0 Å². The second-order valence-corrected chi connectivity index (χ2v) is 6.68. The monoisotopic (exact) mass is 420 g/mol. The predicted molar refractivity (Wildman–Crippen MR) is 117 cm³/mol. The Morgan fingerprint density at radius 1 is 1.00 bits per heavy atom. The van der Waals surface area contributed by atoms with Crippen molar-refractivity contribution in [1.29, 1.82) is 0 Å². The zero-order chi connectivity index (χ0) is 22.1. The molecular weight excluding hydrogens is 396 g/mol. The van der Waals surface area contributed by atoms with Crippen molar-refractivity contribution in [3.8, 4) is 5.75 Å². The highest BCUT2D eigenvalue weighted by atomic mass is 16.5. The fourth-order valence-electron chi connectivity index (χ4n) is 2.89. The van der Waals surface area contributed by atoms with Gasteiger partial charge in [-0.3, -0.25) is 14.4 Å². The van der Waals surface area contributed by atoms with E-state index in [0.717, 1.165) is 16.7 Å². The molecule has 0 radical (unpaired) electrons. The van der Waals surface area contributed by atoms with E-state index < -0.39 is 5.91 Å². The van der Waals surface area contributed by atoms with E-state index in [0.29, 0.717) is 11.4 Å². The fourth-order valence-corrected chi connectivity index (χ4v) is 2.89. The number of carbonyl (C=O) groups excluding carboxylic acids is 2. The van der Waals surface area contributed by atoms with Gasteiger partial charge in [0.2, 0.25) is 5.91 Å². The Morgan fingerprint density at radius 2 is 1.74 bits per heavy atom. The van der Waals surface area contributed by atoms with Gasteiger partial charge in [0.1, 0.15) is 18.1 Å². The summed E-state index contributed by atoms with van der Waals surface area (Å²) in [6, 6.07) is 19.3. The second kappa shape index (κ2) is 10.7. The lowest BCUT2D eigenvalue weighted by molar-refractivity contribution is -0.115. The van der Waals surface area contributed by atoms with Crippen LogP contribution in [0.3, 0.4) is 0 Å². The standard InChI is InChI=1S/C23H24N4O4/c1-2-17-8-6-7-11-19(17)25-21(28)16-24-23(30)20-12-13-22(29)27(26-20)14-15-31-18-9-4-3-5-10-18/h3-13H,2,14-16H2,1H3,(H,24,30)(H,25,28). The SMILES string of the molecule is CCc1ccccc1NC(=O)CNC(=O)c1ccc(=O)n(CCOc2ccccc2)n1. The van der Waals surface area contributed by atoms with Gasteiger partial charge in [0.25, 0.3) is 11.5 Å². The first-order valence-corrected chi connectivity index (χ1v) is 9.99. The number of nitrogens with zero attached hydrogens (tertiary/aromatic N) is 2. The molecule has 2 amide bonds. The van der Waals surface area contributed by atoms with Crippen molar-refractivity contribution in [3.05, 3.63) is 88.3 Å². The highest BCUT2D eigenvalue weighted by Crippen LogP contribution is 2.15. The summed E-state index contributed by atoms with van der Waals surface area (Å²) in [5.74, 6) is -0.212. The first-order valence-electron chi connectivity index (χ1n) is 9.99. The topological polar surface area (TPSA) is 102 Å². The molecule has 1 aromatic heterocycles. The van der Waals surface area contributed by atoms with Crippen LogP contribution < -0.4 is 20.9 Å². The molecule has 0 fully saturated rings. The zero-order valence-electron chi connectivity index (χ0n) is 17.2. The third kappa shape index (κ3) is 6.27. The average Bonchev–Trinajstić information content (AvgIpc) is 2.80. The van der Waals surface area contributed by atoms with E-state index in [9.17, 15) is 14.4 Å². The molecule has 0 unspecified atom stereocenters. The Morgan fingerprint density at radius 3 is 2.52 bits per heavy atom. The molecule has 160 valence electrons. The molecule has 0 saturated heterocycles. The minimum atomic E-state index is -0.545. The maximum absolute atomic E-state index is 12.4. The summed E-state index contributed by atoms with van der Waals surface area (Å²) in [5, 5.41) is 9.38. The molecule has 0 aliphatic rings. The molecule has 1 heterocycles. The van der Waals surface area contributed by atoms with Crippen LogP contribution in [0.25, 0.3) is 0 Å². The van der Waals surface area contributed by atoms with Crippen LogP contribution in [0, 0.1) is 0 Å². The van der Waals surface area contributed by atoms with Gasteiger partial charge in [-0.1, -0.05) is 43.3 Å². The third-order valence-electron chi connectivity index (χ3n) is 4.50. The van der Waals surface area contributed by atoms with E-state index >= 15 is 0 Å². The van der Waals surface area contributed by atoms with Crippen LogP contribution in [-0.4, -0.2) is 34.7 Å². The highest BCUT2D eigenvalue weighted by molar-refractivity contribution is 5.98. The van der Waals surface area contributed by atoms with Gasteiger partial charge < -0.3 is 15.4 Å². The predicted octanol–water partition coefficient (Wildman–Crippen LogP) is 2.25. The van der Waals surface area contributed by atoms with Gasteiger partial charge in [-0.15, -0.1) is 0 Å². The van der Waals surface area contributed by atoms with Crippen LogP contribution in [0.1, 0.15) is 23.0 Å². The molecule has 0 aliphatic heterocycles. The fraction of sp³-hybridized carbons (Fsp3) is 0.217. The van der Waals surface area contributed by atoms with E-state index in [1.165, 1.54) is 12.1 Å². The maximum atomic E-state index is 12.4. The van der Waals surface area contributed by atoms with Gasteiger partial charge in [-0.25, -0.2) is 4.68 Å². The number of aromatic nitrogens is 2. The number of benzene rings is 2. The maximum Gasteiger partial charge on any atom is 0.272 e. The van der Waals surface area contributed by atoms with Crippen molar-refractivity contribution in [2.45, 2.75) is 19.9 Å². The highest BCUT2D eigenvalue weighted by Gasteiger charge is 2.12. The van der Waals surface area contributed by atoms with Crippen molar-refractivity contribution in [1.82, 2.24) is 15.1 Å². The van der Waals surface area contributed by atoms with Gasteiger partial charge in [-0.2, -0.15) is 5.10 Å². The number of hydrogen-bond acceptors (Lipinski definition) is 5. The number of carbonyl (C=O) groups is 2. The lowest BCUT2D eigenvalue weighted by Gasteiger charge is -2.11. The number of anilines is 1. The van der Waals surface area contributed by atoms with E-state index in [2.05, 4.69) is 15.7 Å². The minimum Gasteiger partial charge on any atom is -0.492 e. The number of para-hydroxylation sites is 2. The summed E-state index contributed by atoms with van der Waals surface area (Å²) in [5.41, 5.74) is 1.42. The molecule has 0 bridgehead atoms. The molecule has 8 nitrogen and oxygen atoms in total. The molecule has 3 rings (SSSR count). The Hall–Kier alpha value is -3.94. The molecule has 31 heavy (non-hydrogen) atoms. The lowest BCUT2D eigenvalue weighted by Crippen LogP contribution is -2.35. The van der Waals surface area contributed by atoms with E-state index in [1.807, 2.05) is 61.5 Å². The quantitative estimate of drug-likeness (QED) is 0.553. The average molecular weight is 420 g/mol. The third-order valence-corrected chi connectivity index (χ3v) is 4.50. The molecular formula is C23H24N4O4. The molecule has 8 heteroatoms. The Balaban J connectivity index is 1.54. The lowest BCUT2D eigenvalue weighted by atomic mass is 10.1. The number of hydrogen-bond donors (Lipinski definition) is 2. The van der Waals surface area contributed by atoms with Crippen LogP contribution in [0.5, 0.6) is 5.75 Å². The first kappa shape index (κ1) is 21.8. The summed E-state index contributed by atoms with van der Waals surface area (Å²) < 4.78 is 6.73. The first-order chi connectivity index (χ1) is 15.1. The summed E-state index contributed by atoms with van der Waals surface area (Å²) >= 11 is 0. The van der Waals surface area contributed by atoms with Crippen molar-refractivity contribution >= 4 is 17.5 Å². The van der Waals surface area contributed by atoms with Gasteiger partial charge in [0.05, 0.1) is 13.1 Å². The van der Waals surface area contributed by atoms with Crippen LogP contribution in [0.4, 0.5) is 5.69 Å². The van der Waals surface area contributed by atoms with Crippen LogP contribution in [0.15, 0.2) is 71.5 Å². The summed E-state index contributed by atoms with van der Waals surface area (Å²) in [7, 11) is 0. The number of nitrogens with one attached hydrogen (secondary N) is 2. The van der Waals surface area contributed by atoms with Crippen LogP contribution in [-0.2, 0) is 17.8 Å². The molecule has 0 aliphatic carbocycles. The molecule has 3 aromatic rings. The molecule has 2 N–H and O–H groups in total. The van der Waals surface area contributed by atoms with Gasteiger partial charge in [-0.05, 0) is 36.2 Å².